The second-order valence-corrected chi connectivity index (χ2v) is 8.63. The molecule has 31 heavy (non-hydrogen) atoms. The van der Waals surface area contributed by atoms with E-state index in [1.54, 1.807) is 50.8 Å². The Balaban J connectivity index is 1.74. The summed E-state index contributed by atoms with van der Waals surface area (Å²) < 4.78 is 50.9. The third-order valence-corrected chi connectivity index (χ3v) is 6.00. The third-order valence-electron chi connectivity index (χ3n) is 4.95. The zero-order chi connectivity index (χ0) is 24.9. The molecule has 4 rings (SSSR count). The maximum Gasteiger partial charge on any atom is 0.238 e. The first-order chi connectivity index (χ1) is 15.9. The minimum absolute atomic E-state index is 0.00889. The highest BCUT2D eigenvalue weighted by molar-refractivity contribution is 7.89. The quantitative estimate of drug-likeness (QED) is 0.489. The third kappa shape index (κ3) is 4.07. The summed E-state index contributed by atoms with van der Waals surface area (Å²) in [6.07, 6.45) is 1.49. The molecule has 160 valence electrons. The molecule has 9 nitrogen and oxygen atoms in total. The lowest BCUT2D eigenvalue weighted by Gasteiger charge is -2.19. The SMILES string of the molecule is [2H]c1c(N(C)c2ccnc(Nc3ccc(C)c(S(N)(=O)=O)c3)n2)c([2H])c2nn(C)c(C)c2c1[2H]. The monoisotopic (exact) mass is 440 g/mol. The molecule has 0 bridgehead atoms. The molecule has 0 spiro atoms. The van der Waals surface area contributed by atoms with Crippen molar-refractivity contribution in [3.8, 4) is 0 Å². The van der Waals surface area contributed by atoms with Crippen molar-refractivity contribution in [1.29, 1.82) is 0 Å². The fraction of sp³-hybridized carbons (Fsp3) is 0.190. The number of hydrogen-bond acceptors (Lipinski definition) is 7. The number of sulfonamides is 1. The largest absolute Gasteiger partial charge is 0.329 e. The molecule has 0 fully saturated rings. The van der Waals surface area contributed by atoms with Crippen LogP contribution in [0.25, 0.3) is 10.9 Å². The van der Waals surface area contributed by atoms with Crippen LogP contribution in [0, 0.1) is 13.8 Å². The van der Waals surface area contributed by atoms with Crippen LogP contribution in [0.5, 0.6) is 0 Å². The van der Waals surface area contributed by atoms with Crippen LogP contribution >= 0.6 is 0 Å². The molecule has 4 aromatic rings. The van der Waals surface area contributed by atoms with Gasteiger partial charge in [0.05, 0.1) is 14.5 Å². The first kappa shape index (κ1) is 17.2. The van der Waals surface area contributed by atoms with Gasteiger partial charge in [0.25, 0.3) is 0 Å². The van der Waals surface area contributed by atoms with Gasteiger partial charge in [0, 0.05) is 42.7 Å². The first-order valence-electron chi connectivity index (χ1n) is 10.8. The average molecular weight is 441 g/mol. The van der Waals surface area contributed by atoms with E-state index < -0.39 is 10.0 Å². The number of primary sulfonamides is 1. The zero-order valence-electron chi connectivity index (χ0n) is 20.4. The lowest BCUT2D eigenvalue weighted by Crippen LogP contribution is -2.14. The molecule has 10 heteroatoms. The predicted molar refractivity (Wildman–Crippen MR) is 121 cm³/mol. The highest BCUT2D eigenvalue weighted by Crippen LogP contribution is 2.28. The van der Waals surface area contributed by atoms with Gasteiger partial charge in [-0.25, -0.2) is 18.5 Å². The van der Waals surface area contributed by atoms with Crippen molar-refractivity contribution in [2.24, 2.45) is 12.2 Å². The number of nitrogens with zero attached hydrogens (tertiary/aromatic N) is 5. The van der Waals surface area contributed by atoms with E-state index in [0.29, 0.717) is 33.7 Å². The number of nitrogens with two attached hydrogens (primary N) is 1. The Morgan fingerprint density at radius 2 is 2.00 bits per heavy atom. The molecule has 0 aliphatic heterocycles. The van der Waals surface area contributed by atoms with Crippen molar-refractivity contribution in [3.05, 3.63) is 59.8 Å². The minimum atomic E-state index is -3.90. The molecule has 0 aliphatic carbocycles. The number of fused-ring (bicyclic) bond motifs is 1. The summed E-state index contributed by atoms with van der Waals surface area (Å²) in [5.41, 5.74) is 2.18. The molecule has 0 aliphatic rings. The van der Waals surface area contributed by atoms with Crippen LogP contribution in [-0.2, 0) is 17.1 Å². The smallest absolute Gasteiger partial charge is 0.238 e. The molecule has 0 saturated heterocycles. The number of aryl methyl sites for hydroxylation is 3. The molecule has 0 unspecified atom stereocenters. The van der Waals surface area contributed by atoms with Crippen molar-refractivity contribution in [2.75, 3.05) is 17.3 Å². The fourth-order valence-electron chi connectivity index (χ4n) is 3.10. The van der Waals surface area contributed by atoms with Gasteiger partial charge in [0.1, 0.15) is 5.82 Å². The lowest BCUT2D eigenvalue weighted by atomic mass is 10.2. The standard InChI is InChI=1S/C21H23N7O2S/c1-13-5-6-15(11-19(13)31(22,29)30)24-21-23-10-9-20(25-21)27(3)16-7-8-17-14(2)28(4)26-18(17)12-16/h5-12H,1-4H3,(H2,22,29,30)(H,23,24,25)/i7D,8D,12D. The number of nitrogens with one attached hydrogen (secondary N) is 1. The summed E-state index contributed by atoms with van der Waals surface area (Å²) in [7, 11) is -0.520. The van der Waals surface area contributed by atoms with Crippen LogP contribution in [0.1, 0.15) is 15.4 Å². The van der Waals surface area contributed by atoms with Crippen LogP contribution in [0.4, 0.5) is 23.1 Å². The molecule has 3 N–H and O–H groups in total. The molecule has 0 saturated carbocycles. The van der Waals surface area contributed by atoms with Crippen LogP contribution in [0.2, 0.25) is 0 Å². The molecule has 2 aromatic carbocycles. The van der Waals surface area contributed by atoms with E-state index >= 15 is 0 Å². The van der Waals surface area contributed by atoms with Gasteiger partial charge in [-0.15, -0.1) is 0 Å². The second kappa shape index (κ2) is 7.64. The molecule has 0 amide bonds. The van der Waals surface area contributed by atoms with Gasteiger partial charge < -0.3 is 10.2 Å². The van der Waals surface area contributed by atoms with Crippen molar-refractivity contribution in [1.82, 2.24) is 19.7 Å². The van der Waals surface area contributed by atoms with E-state index in [0.717, 1.165) is 0 Å². The van der Waals surface area contributed by atoms with Crippen molar-refractivity contribution in [3.63, 3.8) is 0 Å². The maximum atomic E-state index is 11.8. The maximum absolute atomic E-state index is 11.8. The van der Waals surface area contributed by atoms with E-state index in [9.17, 15) is 8.42 Å². The Hall–Kier alpha value is -3.50. The second-order valence-electron chi connectivity index (χ2n) is 7.10. The molecular formula is C21H23N7O2S. The van der Waals surface area contributed by atoms with Gasteiger partial charge in [-0.2, -0.15) is 10.1 Å². The Bertz CT molecular complexity index is 1550. The van der Waals surface area contributed by atoms with Crippen LogP contribution in [-0.4, -0.2) is 35.2 Å². The van der Waals surface area contributed by atoms with Crippen LogP contribution in [0.15, 0.2) is 53.5 Å². The summed E-state index contributed by atoms with van der Waals surface area (Å²) in [6, 6.07) is 6.20. The number of rotatable bonds is 5. The van der Waals surface area contributed by atoms with Gasteiger partial charge in [0.2, 0.25) is 16.0 Å². The summed E-state index contributed by atoms with van der Waals surface area (Å²) >= 11 is 0. The Kier molecular flexibility index (Phi) is 4.24. The van der Waals surface area contributed by atoms with Gasteiger partial charge in [0.15, 0.2) is 0 Å². The number of anilines is 4. The van der Waals surface area contributed by atoms with Gasteiger partial charge in [-0.1, -0.05) is 6.07 Å². The normalized spacial score (nSPS) is 13.0. The van der Waals surface area contributed by atoms with E-state index in [4.69, 9.17) is 9.25 Å². The Morgan fingerprint density at radius 3 is 2.74 bits per heavy atom. The van der Waals surface area contributed by atoms with Gasteiger partial charge >= 0.3 is 0 Å². The summed E-state index contributed by atoms with van der Waals surface area (Å²) in [4.78, 5) is 10.1. The minimum Gasteiger partial charge on any atom is -0.329 e. The van der Waals surface area contributed by atoms with E-state index in [-0.39, 0.29) is 34.7 Å². The highest BCUT2D eigenvalue weighted by atomic mass is 32.2. The summed E-state index contributed by atoms with van der Waals surface area (Å²) in [6.45, 7) is 3.44. The zero-order valence-corrected chi connectivity index (χ0v) is 18.2. The molecule has 2 heterocycles. The van der Waals surface area contributed by atoms with Crippen molar-refractivity contribution < 1.29 is 12.5 Å². The average Bonchev–Trinajstić information content (AvgIpc) is 3.08. The fourth-order valence-corrected chi connectivity index (χ4v) is 3.91. The van der Waals surface area contributed by atoms with E-state index in [2.05, 4.69) is 20.4 Å². The number of hydrogen-bond donors (Lipinski definition) is 2. The van der Waals surface area contributed by atoms with Crippen molar-refractivity contribution >= 4 is 44.1 Å². The Labute approximate surface area is 184 Å². The molecule has 2 aromatic heterocycles. The van der Waals surface area contributed by atoms with E-state index in [1.165, 1.54) is 17.2 Å². The predicted octanol–water partition coefficient (Wildman–Crippen LogP) is 3.14. The van der Waals surface area contributed by atoms with Gasteiger partial charge in [-0.3, -0.25) is 4.68 Å². The Morgan fingerprint density at radius 1 is 1.23 bits per heavy atom. The topological polar surface area (TPSA) is 119 Å². The van der Waals surface area contributed by atoms with E-state index in [1.807, 2.05) is 0 Å². The molecular weight excluding hydrogens is 414 g/mol. The summed E-state index contributed by atoms with van der Waals surface area (Å²) in [5.74, 6) is 0.539. The lowest BCUT2D eigenvalue weighted by molar-refractivity contribution is 0.597. The first-order valence-corrected chi connectivity index (χ1v) is 10.8. The number of benzene rings is 2. The van der Waals surface area contributed by atoms with Gasteiger partial charge in [-0.05, 0) is 55.7 Å². The van der Waals surface area contributed by atoms with Crippen LogP contribution < -0.4 is 15.4 Å². The highest BCUT2D eigenvalue weighted by Gasteiger charge is 2.14. The van der Waals surface area contributed by atoms with Crippen molar-refractivity contribution in [2.45, 2.75) is 18.7 Å². The van der Waals surface area contributed by atoms with Crippen LogP contribution in [0.3, 0.4) is 0 Å². The molecule has 0 atom stereocenters. The summed E-state index contributed by atoms with van der Waals surface area (Å²) in [5, 5.41) is 13.1. The molecule has 0 radical (unpaired) electrons. The number of aromatic nitrogens is 4.